The zero-order valence-corrected chi connectivity index (χ0v) is 16.9. The summed E-state index contributed by atoms with van der Waals surface area (Å²) in [7, 11) is 4.75. The Bertz CT molecular complexity index is 753. The topological polar surface area (TPSA) is 65.0 Å². The minimum absolute atomic E-state index is 0.0870. The Kier molecular flexibility index (Phi) is 5.52. The monoisotopic (exact) mass is 374 g/mol. The molecule has 1 aromatic rings. The minimum Gasteiger partial charge on any atom is -0.496 e. The Hall–Kier alpha value is -2.01. The molecule has 0 amide bonds. The molecule has 0 radical (unpaired) electrons. The van der Waals surface area contributed by atoms with Crippen LogP contribution in [0.4, 0.5) is 0 Å². The first-order valence-electron chi connectivity index (χ1n) is 9.58. The molecule has 0 aromatic heterocycles. The molecule has 5 heteroatoms. The molecule has 148 valence electrons. The van der Waals surface area contributed by atoms with E-state index in [0.29, 0.717) is 23.7 Å². The van der Waals surface area contributed by atoms with Crippen LogP contribution >= 0.6 is 0 Å². The van der Waals surface area contributed by atoms with Gasteiger partial charge in [0.2, 0.25) is 0 Å². The first-order chi connectivity index (χ1) is 12.8. The number of Topliss-reactive ketones (excluding diaryl/α,β-unsaturated/α-hetero) is 1. The average Bonchev–Trinajstić information content (AvgIpc) is 2.67. The van der Waals surface area contributed by atoms with Crippen LogP contribution in [-0.4, -0.2) is 38.3 Å². The maximum atomic E-state index is 13.1. The van der Waals surface area contributed by atoms with Gasteiger partial charge in [-0.15, -0.1) is 0 Å². The molecular formula is C22H30O5. The molecule has 0 saturated heterocycles. The molecule has 1 aromatic carbocycles. The number of allylic oxidation sites excluding steroid dienone is 1. The molecule has 2 fully saturated rings. The zero-order valence-electron chi connectivity index (χ0n) is 16.9. The number of hydrogen-bond acceptors (Lipinski definition) is 5. The molecule has 1 N–H and O–H groups in total. The second kappa shape index (κ2) is 7.55. The van der Waals surface area contributed by atoms with Gasteiger partial charge in [0.05, 0.1) is 27.4 Å². The highest BCUT2D eigenvalue weighted by Crippen LogP contribution is 2.53. The predicted octanol–water partition coefficient (Wildman–Crippen LogP) is 3.87. The van der Waals surface area contributed by atoms with Crippen molar-refractivity contribution in [2.75, 3.05) is 21.3 Å². The van der Waals surface area contributed by atoms with E-state index in [4.69, 9.17) is 14.2 Å². The highest BCUT2D eigenvalue weighted by molar-refractivity contribution is 6.02. The van der Waals surface area contributed by atoms with Crippen LogP contribution in [-0.2, 0) is 4.79 Å². The van der Waals surface area contributed by atoms with Gasteiger partial charge in [0.1, 0.15) is 5.75 Å². The van der Waals surface area contributed by atoms with Crippen LogP contribution in [0.25, 0.3) is 6.08 Å². The first-order valence-corrected chi connectivity index (χ1v) is 9.58. The summed E-state index contributed by atoms with van der Waals surface area (Å²) in [5, 5.41) is 10.7. The molecular weight excluding hydrogens is 344 g/mol. The Morgan fingerprint density at radius 3 is 2.33 bits per heavy atom. The molecule has 2 saturated carbocycles. The molecule has 4 atom stereocenters. The highest BCUT2D eigenvalue weighted by atomic mass is 16.5. The summed E-state index contributed by atoms with van der Waals surface area (Å²) in [4.78, 5) is 13.1. The second-order valence-electron chi connectivity index (χ2n) is 8.01. The molecule has 0 spiro atoms. The first kappa shape index (κ1) is 19.7. The Morgan fingerprint density at radius 2 is 1.70 bits per heavy atom. The molecule has 2 aliphatic carbocycles. The van der Waals surface area contributed by atoms with Gasteiger partial charge in [-0.05, 0) is 42.9 Å². The van der Waals surface area contributed by atoms with E-state index in [-0.39, 0.29) is 29.1 Å². The number of fused-ring (bicyclic) bond motifs is 1. The highest BCUT2D eigenvalue weighted by Gasteiger charge is 2.51. The van der Waals surface area contributed by atoms with E-state index in [1.54, 1.807) is 27.4 Å². The van der Waals surface area contributed by atoms with Gasteiger partial charge in [0.25, 0.3) is 0 Å². The number of rotatable bonds is 4. The number of benzene rings is 1. The van der Waals surface area contributed by atoms with Gasteiger partial charge in [0, 0.05) is 23.0 Å². The van der Waals surface area contributed by atoms with Crippen molar-refractivity contribution in [1.29, 1.82) is 0 Å². The third-order valence-corrected chi connectivity index (χ3v) is 6.57. The van der Waals surface area contributed by atoms with Crippen LogP contribution in [0, 0.1) is 17.3 Å². The lowest BCUT2D eigenvalue weighted by Crippen LogP contribution is -2.51. The van der Waals surface area contributed by atoms with E-state index in [1.807, 2.05) is 19.1 Å². The molecule has 2 aliphatic rings. The molecule has 5 nitrogen and oxygen atoms in total. The van der Waals surface area contributed by atoms with E-state index < -0.39 is 0 Å². The van der Waals surface area contributed by atoms with Gasteiger partial charge in [-0.1, -0.05) is 20.3 Å². The van der Waals surface area contributed by atoms with Crippen molar-refractivity contribution in [1.82, 2.24) is 0 Å². The maximum absolute atomic E-state index is 13.1. The van der Waals surface area contributed by atoms with E-state index in [0.717, 1.165) is 30.4 Å². The molecule has 27 heavy (non-hydrogen) atoms. The van der Waals surface area contributed by atoms with Gasteiger partial charge in [-0.25, -0.2) is 0 Å². The molecule has 0 bridgehead atoms. The normalized spacial score (nSPS) is 32.1. The third kappa shape index (κ3) is 3.33. The third-order valence-electron chi connectivity index (χ3n) is 6.57. The van der Waals surface area contributed by atoms with Crippen LogP contribution in [0.3, 0.4) is 0 Å². The lowest BCUT2D eigenvalue weighted by molar-refractivity contribution is -0.133. The van der Waals surface area contributed by atoms with E-state index in [2.05, 4.69) is 6.92 Å². The summed E-state index contributed by atoms with van der Waals surface area (Å²) in [6.07, 6.45) is 4.90. The Labute approximate surface area is 161 Å². The molecule has 3 rings (SSSR count). The van der Waals surface area contributed by atoms with E-state index in [1.165, 1.54) is 0 Å². The standard InChI is InChI=1S/C22H30O5/c1-13-16-7-6-8-20(23)22(16,2)12-15(21(13)24)9-14-10-18(26-4)19(27-5)11-17(14)25-3/h9-11,13,16,20,23H,6-8,12H2,1-5H3/b15-9+/t13?,16?,20-,22-/m0/s1. The number of ether oxygens (including phenoxy) is 3. The van der Waals surface area contributed by atoms with Crippen molar-refractivity contribution in [3.63, 3.8) is 0 Å². The van der Waals surface area contributed by atoms with Gasteiger partial charge in [-0.3, -0.25) is 4.79 Å². The van der Waals surface area contributed by atoms with Crippen LogP contribution in [0.2, 0.25) is 0 Å². The van der Waals surface area contributed by atoms with Crippen molar-refractivity contribution < 1.29 is 24.1 Å². The second-order valence-corrected chi connectivity index (χ2v) is 8.01. The summed E-state index contributed by atoms with van der Waals surface area (Å²) in [5.74, 6) is 2.10. The van der Waals surface area contributed by atoms with Gasteiger partial charge < -0.3 is 19.3 Å². The van der Waals surface area contributed by atoms with Gasteiger partial charge in [0.15, 0.2) is 17.3 Å². The molecule has 2 unspecified atom stereocenters. The van der Waals surface area contributed by atoms with Crippen LogP contribution in [0.5, 0.6) is 17.2 Å². The molecule has 0 aliphatic heterocycles. The van der Waals surface area contributed by atoms with E-state index >= 15 is 0 Å². The molecule has 0 heterocycles. The number of ketones is 1. The van der Waals surface area contributed by atoms with Crippen LogP contribution in [0.1, 0.15) is 45.1 Å². The quantitative estimate of drug-likeness (QED) is 0.811. The van der Waals surface area contributed by atoms with Crippen molar-refractivity contribution >= 4 is 11.9 Å². The van der Waals surface area contributed by atoms with Crippen LogP contribution in [0.15, 0.2) is 17.7 Å². The minimum atomic E-state index is -0.373. The smallest absolute Gasteiger partial charge is 0.164 e. The number of carbonyl (C=O) groups is 1. The lowest BCUT2D eigenvalue weighted by atomic mass is 9.54. The fraction of sp³-hybridized carbons (Fsp3) is 0.591. The lowest BCUT2D eigenvalue weighted by Gasteiger charge is -2.51. The summed E-state index contributed by atoms with van der Waals surface area (Å²) in [5.41, 5.74) is 1.26. The maximum Gasteiger partial charge on any atom is 0.164 e. The fourth-order valence-electron chi connectivity index (χ4n) is 4.96. The Balaban J connectivity index is 2.05. The average molecular weight is 374 g/mol. The predicted molar refractivity (Wildman–Crippen MR) is 104 cm³/mol. The number of aliphatic hydroxyl groups is 1. The van der Waals surface area contributed by atoms with E-state index in [9.17, 15) is 9.90 Å². The summed E-state index contributed by atoms with van der Waals surface area (Å²) in [6.45, 7) is 4.13. The number of hydrogen-bond donors (Lipinski definition) is 1. The van der Waals surface area contributed by atoms with Crippen molar-refractivity contribution in [2.45, 2.75) is 45.6 Å². The van der Waals surface area contributed by atoms with Crippen molar-refractivity contribution in [2.24, 2.45) is 17.3 Å². The zero-order chi connectivity index (χ0) is 19.8. The summed E-state index contributed by atoms with van der Waals surface area (Å²) in [6, 6.07) is 3.59. The SMILES string of the molecule is COc1cc(OC)c(OC)cc1/C=C1\C[C@@]2(C)C(CCC[C@@H]2O)C(C)C1=O. The number of methoxy groups -OCH3 is 3. The van der Waals surface area contributed by atoms with Crippen molar-refractivity contribution in [3.05, 3.63) is 23.3 Å². The van der Waals surface area contributed by atoms with Gasteiger partial charge in [-0.2, -0.15) is 0 Å². The number of aliphatic hydroxyl groups excluding tert-OH is 1. The van der Waals surface area contributed by atoms with Gasteiger partial charge >= 0.3 is 0 Å². The summed E-state index contributed by atoms with van der Waals surface area (Å²) < 4.78 is 16.2. The Morgan fingerprint density at radius 1 is 1.07 bits per heavy atom. The summed E-state index contributed by atoms with van der Waals surface area (Å²) >= 11 is 0. The largest absolute Gasteiger partial charge is 0.496 e. The van der Waals surface area contributed by atoms with Crippen LogP contribution < -0.4 is 14.2 Å². The fourth-order valence-corrected chi connectivity index (χ4v) is 4.96. The van der Waals surface area contributed by atoms with Crippen molar-refractivity contribution in [3.8, 4) is 17.2 Å². The number of carbonyl (C=O) groups excluding carboxylic acids is 1.